The smallest absolute Gasteiger partial charge is 0.211 e. The van der Waals surface area contributed by atoms with Crippen molar-refractivity contribution in [3.63, 3.8) is 0 Å². The van der Waals surface area contributed by atoms with Crippen molar-refractivity contribution in [3.05, 3.63) is 33.8 Å². The van der Waals surface area contributed by atoms with Gasteiger partial charge in [-0.2, -0.15) is 10.3 Å². The molecule has 0 fully saturated rings. The Kier molecular flexibility index (Phi) is 3.67. The number of nitriles is 1. The van der Waals surface area contributed by atoms with Crippen LogP contribution in [0.3, 0.4) is 0 Å². The number of rotatable bonds is 2. The van der Waals surface area contributed by atoms with Crippen LogP contribution in [-0.4, -0.2) is 6.08 Å². The van der Waals surface area contributed by atoms with E-state index in [2.05, 4.69) is 4.99 Å². The highest BCUT2D eigenvalue weighted by Crippen LogP contribution is 2.30. The van der Waals surface area contributed by atoms with Gasteiger partial charge in [0.1, 0.15) is 0 Å². The Balaban J connectivity index is 3.25. The van der Waals surface area contributed by atoms with Gasteiger partial charge in [-0.3, -0.25) is 0 Å². The maximum Gasteiger partial charge on any atom is 0.236 e. The van der Waals surface area contributed by atoms with Crippen LogP contribution in [0.25, 0.3) is 0 Å². The number of carbonyl (C=O) groups excluding carboxylic acids is 1. The zero-order chi connectivity index (χ0) is 10.6. The van der Waals surface area contributed by atoms with E-state index in [1.54, 1.807) is 18.2 Å². The van der Waals surface area contributed by atoms with Crippen molar-refractivity contribution in [2.45, 2.75) is 6.04 Å². The van der Waals surface area contributed by atoms with Crippen LogP contribution in [0.4, 0.5) is 0 Å². The first-order valence-corrected chi connectivity index (χ1v) is 4.36. The largest absolute Gasteiger partial charge is 0.236 e. The van der Waals surface area contributed by atoms with Gasteiger partial charge in [0.05, 0.1) is 16.1 Å². The summed E-state index contributed by atoms with van der Waals surface area (Å²) in [5.74, 6) is 0. The third-order valence-corrected chi connectivity index (χ3v) is 2.41. The summed E-state index contributed by atoms with van der Waals surface area (Å²) in [5, 5.41) is 9.26. The molecule has 3 nitrogen and oxygen atoms in total. The fourth-order valence-electron chi connectivity index (χ4n) is 0.952. The van der Waals surface area contributed by atoms with Crippen LogP contribution in [0.1, 0.15) is 11.6 Å². The van der Waals surface area contributed by atoms with Crippen molar-refractivity contribution >= 4 is 29.3 Å². The number of nitrogens with zero attached hydrogens (tertiary/aromatic N) is 2. The molecule has 14 heavy (non-hydrogen) atoms. The molecule has 0 heterocycles. The van der Waals surface area contributed by atoms with Gasteiger partial charge in [-0.25, -0.2) is 4.79 Å². The van der Waals surface area contributed by atoms with Gasteiger partial charge in [0.15, 0.2) is 6.04 Å². The highest BCUT2D eigenvalue weighted by molar-refractivity contribution is 6.42. The van der Waals surface area contributed by atoms with E-state index in [0.717, 1.165) is 0 Å². The van der Waals surface area contributed by atoms with Gasteiger partial charge in [0, 0.05) is 5.56 Å². The summed E-state index contributed by atoms with van der Waals surface area (Å²) in [5.41, 5.74) is 0.407. The number of isocyanates is 1. The molecule has 1 rings (SSSR count). The second-order valence-electron chi connectivity index (χ2n) is 2.40. The molecule has 0 aromatic heterocycles. The van der Waals surface area contributed by atoms with E-state index in [1.807, 2.05) is 6.07 Å². The van der Waals surface area contributed by atoms with Crippen molar-refractivity contribution < 1.29 is 4.79 Å². The van der Waals surface area contributed by atoms with Crippen molar-refractivity contribution in [2.24, 2.45) is 4.99 Å². The Bertz CT molecular complexity index is 433. The predicted octanol–water partition coefficient (Wildman–Crippen LogP) is 2.89. The van der Waals surface area contributed by atoms with Crippen molar-refractivity contribution in [2.75, 3.05) is 0 Å². The standard InChI is InChI=1S/C9H4Cl2N2O/c10-7-3-1-2-6(9(7)11)8(4-12)13-5-14/h1-3,8H. The number of hydrogen-bond donors (Lipinski definition) is 0. The monoisotopic (exact) mass is 226 g/mol. The first-order valence-electron chi connectivity index (χ1n) is 3.61. The van der Waals surface area contributed by atoms with E-state index < -0.39 is 6.04 Å². The third kappa shape index (κ3) is 2.12. The molecule has 0 saturated carbocycles. The minimum atomic E-state index is -0.946. The van der Waals surface area contributed by atoms with Gasteiger partial charge >= 0.3 is 0 Å². The molecule has 0 aliphatic heterocycles. The minimum absolute atomic E-state index is 0.236. The zero-order valence-electron chi connectivity index (χ0n) is 6.87. The summed E-state index contributed by atoms with van der Waals surface area (Å²) in [6.45, 7) is 0. The van der Waals surface area contributed by atoms with Crippen LogP contribution in [-0.2, 0) is 4.79 Å². The summed E-state index contributed by atoms with van der Waals surface area (Å²) < 4.78 is 0. The van der Waals surface area contributed by atoms with Crippen LogP contribution in [0.2, 0.25) is 10.0 Å². The molecule has 0 bridgehead atoms. The molecule has 0 N–H and O–H groups in total. The van der Waals surface area contributed by atoms with Crippen LogP contribution in [0.5, 0.6) is 0 Å². The lowest BCUT2D eigenvalue weighted by Crippen LogP contribution is -1.92. The Morgan fingerprint density at radius 1 is 1.43 bits per heavy atom. The zero-order valence-corrected chi connectivity index (χ0v) is 8.38. The number of halogens is 2. The van der Waals surface area contributed by atoms with Crippen LogP contribution in [0, 0.1) is 11.3 Å². The van der Waals surface area contributed by atoms with E-state index in [-0.39, 0.29) is 5.02 Å². The Hall–Kier alpha value is -1.33. The third-order valence-electron chi connectivity index (χ3n) is 1.58. The van der Waals surface area contributed by atoms with Crippen LogP contribution >= 0.6 is 23.2 Å². The fraction of sp³-hybridized carbons (Fsp3) is 0.111. The minimum Gasteiger partial charge on any atom is -0.211 e. The fourth-order valence-corrected chi connectivity index (χ4v) is 1.36. The number of aliphatic imine (C=N–C) groups is 1. The maximum absolute atomic E-state index is 10.0. The van der Waals surface area contributed by atoms with Crippen molar-refractivity contribution in [1.29, 1.82) is 5.26 Å². The molecule has 1 aromatic carbocycles. The number of benzene rings is 1. The molecule has 0 aliphatic rings. The molecule has 5 heteroatoms. The molecular formula is C9H4Cl2N2O. The lowest BCUT2D eigenvalue weighted by atomic mass is 10.1. The topological polar surface area (TPSA) is 53.2 Å². The molecule has 0 spiro atoms. The van der Waals surface area contributed by atoms with Crippen LogP contribution < -0.4 is 0 Å². The average Bonchev–Trinajstić information content (AvgIpc) is 2.19. The van der Waals surface area contributed by atoms with E-state index in [4.69, 9.17) is 28.5 Å². The Morgan fingerprint density at radius 3 is 2.71 bits per heavy atom. The Morgan fingerprint density at radius 2 is 2.14 bits per heavy atom. The molecule has 0 amide bonds. The number of hydrogen-bond acceptors (Lipinski definition) is 3. The highest BCUT2D eigenvalue weighted by Gasteiger charge is 2.14. The highest BCUT2D eigenvalue weighted by atomic mass is 35.5. The quantitative estimate of drug-likeness (QED) is 0.576. The van der Waals surface area contributed by atoms with Gasteiger partial charge in [0.2, 0.25) is 6.08 Å². The van der Waals surface area contributed by atoms with E-state index in [1.165, 1.54) is 6.08 Å². The summed E-state index contributed by atoms with van der Waals surface area (Å²) in [4.78, 5) is 13.3. The average molecular weight is 227 g/mol. The van der Waals surface area contributed by atoms with Gasteiger partial charge in [0.25, 0.3) is 0 Å². The maximum atomic E-state index is 10.0. The van der Waals surface area contributed by atoms with Gasteiger partial charge in [-0.1, -0.05) is 35.3 Å². The molecule has 1 unspecified atom stereocenters. The lowest BCUT2D eigenvalue weighted by molar-refractivity contribution is 0.561. The first kappa shape index (κ1) is 10.7. The predicted molar refractivity (Wildman–Crippen MR) is 52.9 cm³/mol. The first-order chi connectivity index (χ1) is 6.70. The van der Waals surface area contributed by atoms with E-state index in [9.17, 15) is 4.79 Å². The summed E-state index contributed by atoms with van der Waals surface area (Å²) in [6, 6.07) is 5.68. The lowest BCUT2D eigenvalue weighted by Gasteiger charge is -2.05. The summed E-state index contributed by atoms with van der Waals surface area (Å²) in [6.07, 6.45) is 1.31. The molecule has 0 aliphatic carbocycles. The van der Waals surface area contributed by atoms with Crippen molar-refractivity contribution in [3.8, 4) is 6.07 Å². The van der Waals surface area contributed by atoms with Gasteiger partial charge in [-0.05, 0) is 6.07 Å². The van der Waals surface area contributed by atoms with Gasteiger partial charge < -0.3 is 0 Å². The second kappa shape index (κ2) is 4.78. The summed E-state index contributed by atoms with van der Waals surface area (Å²) >= 11 is 11.6. The van der Waals surface area contributed by atoms with Crippen LogP contribution in [0.15, 0.2) is 23.2 Å². The summed E-state index contributed by atoms with van der Waals surface area (Å²) in [7, 11) is 0. The Labute approximate surface area is 90.6 Å². The molecular weight excluding hydrogens is 223 g/mol. The molecule has 70 valence electrons. The van der Waals surface area contributed by atoms with Gasteiger partial charge in [-0.15, -0.1) is 0 Å². The molecule has 0 radical (unpaired) electrons. The molecule has 1 aromatic rings. The SMILES string of the molecule is N#CC(N=C=O)c1cccc(Cl)c1Cl. The second-order valence-corrected chi connectivity index (χ2v) is 3.18. The van der Waals surface area contributed by atoms with E-state index in [0.29, 0.717) is 10.6 Å². The molecule has 1 atom stereocenters. The van der Waals surface area contributed by atoms with E-state index >= 15 is 0 Å². The normalized spacial score (nSPS) is 11.2. The molecule has 0 saturated heterocycles. The van der Waals surface area contributed by atoms with Crippen molar-refractivity contribution in [1.82, 2.24) is 0 Å².